The highest BCUT2D eigenvalue weighted by molar-refractivity contribution is 6.31. The van der Waals surface area contributed by atoms with E-state index in [4.69, 9.17) is 11.6 Å². The van der Waals surface area contributed by atoms with Gasteiger partial charge in [0.25, 0.3) is 0 Å². The molecule has 0 radical (unpaired) electrons. The smallest absolute Gasteiger partial charge is 0.0815 e. The van der Waals surface area contributed by atoms with Crippen molar-refractivity contribution in [2.45, 2.75) is 26.8 Å². The Balaban J connectivity index is 2.13. The van der Waals surface area contributed by atoms with E-state index in [1.165, 1.54) is 11.1 Å². The topological polar surface area (TPSA) is 29.9 Å². The molecule has 0 fully saturated rings. The second-order valence-corrected chi connectivity index (χ2v) is 5.02. The summed E-state index contributed by atoms with van der Waals surface area (Å²) in [5.41, 5.74) is 3.70. The highest BCUT2D eigenvalue weighted by atomic mass is 35.5. The number of hydrogen-bond donors (Lipinski definition) is 1. The normalized spacial score (nSPS) is 10.9. The van der Waals surface area contributed by atoms with Gasteiger partial charge in [0.15, 0.2) is 0 Å². The molecule has 0 amide bonds. The van der Waals surface area contributed by atoms with Gasteiger partial charge in [0, 0.05) is 0 Å². The van der Waals surface area contributed by atoms with Gasteiger partial charge in [-0.3, -0.25) is 4.68 Å². The molecule has 0 aliphatic rings. The first-order valence-electron chi connectivity index (χ1n) is 6.67. The highest BCUT2D eigenvalue weighted by Gasteiger charge is 2.07. The van der Waals surface area contributed by atoms with E-state index in [0.29, 0.717) is 0 Å². The Morgan fingerprint density at radius 3 is 2.63 bits per heavy atom. The van der Waals surface area contributed by atoms with E-state index in [1.807, 2.05) is 11.6 Å². The third-order valence-corrected chi connectivity index (χ3v) is 3.67. The maximum Gasteiger partial charge on any atom is 0.0815 e. The van der Waals surface area contributed by atoms with Crippen LogP contribution in [0.4, 0.5) is 0 Å². The second-order valence-electron chi connectivity index (χ2n) is 4.61. The Morgan fingerprint density at radius 1 is 1.26 bits per heavy atom. The molecule has 2 rings (SSSR count). The molecule has 0 aliphatic heterocycles. The van der Waals surface area contributed by atoms with Crippen LogP contribution >= 0.6 is 11.6 Å². The first-order chi connectivity index (χ1) is 9.22. The monoisotopic (exact) mass is 277 g/mol. The van der Waals surface area contributed by atoms with Crippen LogP contribution in [0.2, 0.25) is 5.02 Å². The summed E-state index contributed by atoms with van der Waals surface area (Å²) in [4.78, 5) is 0. The summed E-state index contributed by atoms with van der Waals surface area (Å²) in [6.45, 7) is 6.92. The van der Waals surface area contributed by atoms with Crippen molar-refractivity contribution in [1.82, 2.24) is 15.1 Å². The van der Waals surface area contributed by atoms with Crippen LogP contribution in [0.15, 0.2) is 30.5 Å². The molecule has 0 aliphatic carbocycles. The van der Waals surface area contributed by atoms with Gasteiger partial charge in [-0.25, -0.2) is 0 Å². The van der Waals surface area contributed by atoms with Gasteiger partial charge in [0.05, 0.1) is 23.5 Å². The summed E-state index contributed by atoms with van der Waals surface area (Å²) >= 11 is 6.04. The molecule has 1 aromatic carbocycles. The Kier molecular flexibility index (Phi) is 5.00. The minimum Gasteiger partial charge on any atom is -0.317 e. The average Bonchev–Trinajstić information content (AvgIpc) is 2.73. The zero-order chi connectivity index (χ0) is 13.7. The molecule has 1 heterocycles. The first-order valence-corrected chi connectivity index (χ1v) is 7.05. The fourth-order valence-electron chi connectivity index (χ4n) is 2.10. The van der Waals surface area contributed by atoms with Crippen molar-refractivity contribution in [2.75, 3.05) is 13.1 Å². The Morgan fingerprint density at radius 2 is 2.00 bits per heavy atom. The molecule has 0 spiro atoms. The standard InChI is InChI=1S/C15H20ClN3/c1-3-17-9-8-13-6-4-5-7-14(13)11-19-12(2)15(16)10-18-19/h4-7,10,17H,3,8-9,11H2,1-2H3. The van der Waals surface area contributed by atoms with E-state index in [0.717, 1.165) is 36.8 Å². The lowest BCUT2D eigenvalue weighted by atomic mass is 10.0. The van der Waals surface area contributed by atoms with Crippen molar-refractivity contribution >= 4 is 11.6 Å². The molecule has 1 aromatic heterocycles. The third kappa shape index (κ3) is 3.58. The molecule has 0 unspecified atom stereocenters. The molecule has 0 atom stereocenters. The zero-order valence-electron chi connectivity index (χ0n) is 11.5. The van der Waals surface area contributed by atoms with Crippen LogP contribution in [0, 0.1) is 6.92 Å². The van der Waals surface area contributed by atoms with Crippen LogP contribution in [-0.2, 0) is 13.0 Å². The lowest BCUT2D eigenvalue weighted by molar-refractivity contribution is 0.654. The molecule has 1 N–H and O–H groups in total. The van der Waals surface area contributed by atoms with Gasteiger partial charge < -0.3 is 5.32 Å². The van der Waals surface area contributed by atoms with Crippen molar-refractivity contribution in [3.63, 3.8) is 0 Å². The minimum atomic E-state index is 0.727. The summed E-state index contributed by atoms with van der Waals surface area (Å²) in [5, 5.41) is 8.40. The molecule has 4 heteroatoms. The number of aromatic nitrogens is 2. The lowest BCUT2D eigenvalue weighted by Gasteiger charge is -2.11. The Hall–Kier alpha value is -1.32. The SMILES string of the molecule is CCNCCc1ccccc1Cn1ncc(Cl)c1C. The van der Waals surface area contributed by atoms with Gasteiger partial charge in [0.1, 0.15) is 0 Å². The molecule has 0 saturated heterocycles. The van der Waals surface area contributed by atoms with Crippen LogP contribution < -0.4 is 5.32 Å². The number of rotatable bonds is 6. The molecule has 0 bridgehead atoms. The van der Waals surface area contributed by atoms with E-state index in [1.54, 1.807) is 6.20 Å². The molecule has 0 saturated carbocycles. The largest absolute Gasteiger partial charge is 0.317 e. The predicted octanol–water partition coefficient (Wildman–Crippen LogP) is 3.05. The summed E-state index contributed by atoms with van der Waals surface area (Å²) in [5.74, 6) is 0. The van der Waals surface area contributed by atoms with Gasteiger partial charge in [-0.2, -0.15) is 5.10 Å². The molecule has 2 aromatic rings. The molecular weight excluding hydrogens is 258 g/mol. The molecule has 102 valence electrons. The zero-order valence-corrected chi connectivity index (χ0v) is 12.2. The maximum atomic E-state index is 6.04. The molecule has 19 heavy (non-hydrogen) atoms. The van der Waals surface area contributed by atoms with E-state index >= 15 is 0 Å². The second kappa shape index (κ2) is 6.73. The number of hydrogen-bond acceptors (Lipinski definition) is 2. The van der Waals surface area contributed by atoms with Crippen LogP contribution in [0.3, 0.4) is 0 Å². The molecule has 3 nitrogen and oxygen atoms in total. The number of halogens is 1. The van der Waals surface area contributed by atoms with Gasteiger partial charge in [0.2, 0.25) is 0 Å². The van der Waals surface area contributed by atoms with E-state index < -0.39 is 0 Å². The summed E-state index contributed by atoms with van der Waals surface area (Å²) in [7, 11) is 0. The fourth-order valence-corrected chi connectivity index (χ4v) is 2.24. The highest BCUT2D eigenvalue weighted by Crippen LogP contribution is 2.17. The first kappa shape index (κ1) is 14.1. The van der Waals surface area contributed by atoms with Gasteiger partial charge in [-0.15, -0.1) is 0 Å². The molecular formula is C15H20ClN3. The van der Waals surface area contributed by atoms with Gasteiger partial charge in [-0.05, 0) is 37.6 Å². The quantitative estimate of drug-likeness (QED) is 0.823. The van der Waals surface area contributed by atoms with Crippen molar-refractivity contribution in [3.05, 3.63) is 52.3 Å². The van der Waals surface area contributed by atoms with Crippen molar-refractivity contribution in [2.24, 2.45) is 0 Å². The number of nitrogens with zero attached hydrogens (tertiary/aromatic N) is 2. The van der Waals surface area contributed by atoms with E-state index in [9.17, 15) is 0 Å². The number of benzene rings is 1. The van der Waals surface area contributed by atoms with Crippen LogP contribution in [-0.4, -0.2) is 22.9 Å². The van der Waals surface area contributed by atoms with E-state index in [-0.39, 0.29) is 0 Å². The number of nitrogens with one attached hydrogen (secondary N) is 1. The Bertz CT molecular complexity index is 534. The average molecular weight is 278 g/mol. The summed E-state index contributed by atoms with van der Waals surface area (Å²) in [6.07, 6.45) is 2.75. The van der Waals surface area contributed by atoms with Crippen molar-refractivity contribution < 1.29 is 0 Å². The number of likely N-dealkylation sites (N-methyl/N-ethyl adjacent to an activating group) is 1. The van der Waals surface area contributed by atoms with Crippen LogP contribution in [0.1, 0.15) is 23.7 Å². The van der Waals surface area contributed by atoms with E-state index in [2.05, 4.69) is 41.6 Å². The van der Waals surface area contributed by atoms with Crippen molar-refractivity contribution in [3.8, 4) is 0 Å². The van der Waals surface area contributed by atoms with Crippen LogP contribution in [0.5, 0.6) is 0 Å². The van der Waals surface area contributed by atoms with Crippen molar-refractivity contribution in [1.29, 1.82) is 0 Å². The van der Waals surface area contributed by atoms with Gasteiger partial charge in [-0.1, -0.05) is 42.8 Å². The maximum absolute atomic E-state index is 6.04. The fraction of sp³-hybridized carbons (Fsp3) is 0.400. The lowest BCUT2D eigenvalue weighted by Crippen LogP contribution is -2.17. The van der Waals surface area contributed by atoms with Gasteiger partial charge >= 0.3 is 0 Å². The summed E-state index contributed by atoms with van der Waals surface area (Å²) in [6, 6.07) is 8.52. The van der Waals surface area contributed by atoms with Crippen LogP contribution in [0.25, 0.3) is 0 Å². The third-order valence-electron chi connectivity index (χ3n) is 3.30. The minimum absolute atomic E-state index is 0.727. The summed E-state index contributed by atoms with van der Waals surface area (Å²) < 4.78 is 1.95. The predicted molar refractivity (Wildman–Crippen MR) is 79.8 cm³/mol. The Labute approximate surface area is 119 Å².